The van der Waals surface area contributed by atoms with E-state index in [1.807, 2.05) is 93.2 Å². The molecule has 1 aromatic heterocycles. The van der Waals surface area contributed by atoms with E-state index >= 15 is 4.79 Å². The highest BCUT2D eigenvalue weighted by Gasteiger charge is 2.45. The lowest BCUT2D eigenvalue weighted by Crippen LogP contribution is -2.64. The van der Waals surface area contributed by atoms with Crippen LogP contribution in [0.5, 0.6) is 0 Å². The molecule has 1 fully saturated rings. The Balaban J connectivity index is 2.99. The molecule has 488 valence electrons. The van der Waals surface area contributed by atoms with E-state index < -0.39 is 139 Å². The third-order valence-corrected chi connectivity index (χ3v) is 15.7. The van der Waals surface area contributed by atoms with Gasteiger partial charge in [0.05, 0.1) is 36.8 Å². The first-order chi connectivity index (χ1) is 39.8. The van der Waals surface area contributed by atoms with E-state index in [2.05, 4.69) is 26.3 Å². The second-order valence-corrected chi connectivity index (χ2v) is 26.4. The standard InChI is InChI=1S/C63H109N11O12/c1-35(2)29-46-59(81)73(21)53(40(11)12)61(83)74(22)54(55(77)41(13)25-23-27-45-28-24-26-42(14)64-45)58(80)68-52(44(16)75)60(82)69(17)34-51(76)70(18)47(30-36(3)4)57(79)67-50(33-39(9)10)72(20)49(32-38(7)8)65-43(15)62(84)86-63(85)71(19)48(31-37(5)6)56(78)66-46/h23-24,26-28,35-41,43-44,46-50,52-55,65,75,77H,25,29-34H2,1-22H3,(H,66,78)(H,67,79)(H,68,80)/b27-23+/t41-,43-,44-,46-,47+,48-,49-,50+,52?,53?,54?,55-/m1/s1. The zero-order valence-corrected chi connectivity index (χ0v) is 55.8. The van der Waals surface area contributed by atoms with Crippen LogP contribution >= 0.6 is 0 Å². The maximum Gasteiger partial charge on any atom is 0.417 e. The summed E-state index contributed by atoms with van der Waals surface area (Å²) < 4.78 is 5.49. The number of rotatable bonds is 17. The number of ether oxygens (including phenoxy) is 1. The molecule has 0 radical (unpaired) electrons. The van der Waals surface area contributed by atoms with Crippen molar-refractivity contribution in [2.24, 2.45) is 41.4 Å². The van der Waals surface area contributed by atoms with Gasteiger partial charge in [-0.05, 0) is 126 Å². The normalized spacial score (nSPS) is 25.9. The summed E-state index contributed by atoms with van der Waals surface area (Å²) in [6, 6.07) is -3.91. The average Bonchev–Trinajstić information content (AvgIpc) is 1.37. The lowest BCUT2D eigenvalue weighted by atomic mass is 9.91. The Hall–Kier alpha value is -6.04. The zero-order chi connectivity index (χ0) is 65.9. The summed E-state index contributed by atoms with van der Waals surface area (Å²) in [5.74, 6) is -7.86. The fourth-order valence-corrected chi connectivity index (χ4v) is 10.6. The number of aryl methyl sites for hydroxylation is 1. The number of amides is 8. The number of hydrogen-bond donors (Lipinski definition) is 6. The molecule has 12 atom stereocenters. The van der Waals surface area contributed by atoms with Crippen LogP contribution in [0.4, 0.5) is 4.79 Å². The Labute approximate surface area is 513 Å². The molecule has 23 nitrogen and oxygen atoms in total. The topological polar surface area (TPSA) is 284 Å². The molecule has 0 aromatic carbocycles. The molecule has 8 amide bonds. The third-order valence-electron chi connectivity index (χ3n) is 15.7. The van der Waals surface area contributed by atoms with Gasteiger partial charge in [-0.3, -0.25) is 53.7 Å². The number of aromatic nitrogens is 1. The van der Waals surface area contributed by atoms with Crippen LogP contribution in [-0.2, 0) is 43.1 Å². The minimum absolute atomic E-state index is 0.0468. The molecule has 1 aromatic rings. The van der Waals surface area contributed by atoms with Crippen LogP contribution in [0.3, 0.4) is 0 Å². The minimum atomic E-state index is -1.75. The molecular weight excluding hydrogens is 1100 g/mol. The van der Waals surface area contributed by atoms with Crippen LogP contribution in [0, 0.1) is 48.3 Å². The number of nitrogens with zero attached hydrogens (tertiary/aromatic N) is 7. The van der Waals surface area contributed by atoms with Gasteiger partial charge in [0.25, 0.3) is 0 Å². The number of likely N-dealkylation sites (N-methyl/N-ethyl adjacent to an activating group) is 5. The maximum atomic E-state index is 15.2. The number of aliphatic hydroxyl groups is 2. The molecular formula is C63H109N11O12. The van der Waals surface area contributed by atoms with E-state index in [1.54, 1.807) is 53.0 Å². The van der Waals surface area contributed by atoms with Crippen molar-refractivity contribution in [1.29, 1.82) is 0 Å². The molecule has 6 N–H and O–H groups in total. The van der Waals surface area contributed by atoms with Crippen molar-refractivity contribution >= 4 is 59.5 Å². The van der Waals surface area contributed by atoms with Crippen LogP contribution in [0.1, 0.15) is 154 Å². The van der Waals surface area contributed by atoms with Crippen molar-refractivity contribution in [3.63, 3.8) is 0 Å². The number of allylic oxidation sites excluding steroid dienone is 1. The Morgan fingerprint density at radius 2 is 1.12 bits per heavy atom. The first kappa shape index (κ1) is 76.1. The number of esters is 1. The zero-order valence-electron chi connectivity index (χ0n) is 55.8. The first-order valence-electron chi connectivity index (χ1n) is 30.7. The Morgan fingerprint density at radius 1 is 0.605 bits per heavy atom. The van der Waals surface area contributed by atoms with Gasteiger partial charge in [-0.2, -0.15) is 0 Å². The number of carbonyl (C=O) groups excluding carboxylic acids is 9. The van der Waals surface area contributed by atoms with Crippen molar-refractivity contribution in [2.45, 2.75) is 216 Å². The summed E-state index contributed by atoms with van der Waals surface area (Å²) in [7, 11) is 8.60. The summed E-state index contributed by atoms with van der Waals surface area (Å²) in [5, 5.41) is 35.5. The van der Waals surface area contributed by atoms with Gasteiger partial charge in [0, 0.05) is 40.9 Å². The quantitative estimate of drug-likeness (QED) is 0.0917. The Kier molecular flexibility index (Phi) is 31.0. The second kappa shape index (κ2) is 35.1. The summed E-state index contributed by atoms with van der Waals surface area (Å²) in [6.07, 6.45) is -0.501. The number of aliphatic hydroxyl groups excluding tert-OH is 2. The van der Waals surface area contributed by atoms with E-state index in [4.69, 9.17) is 4.74 Å². The van der Waals surface area contributed by atoms with Gasteiger partial charge in [-0.1, -0.05) is 102 Å². The summed E-state index contributed by atoms with van der Waals surface area (Å²) >= 11 is 0. The molecule has 3 unspecified atom stereocenters. The Bertz CT molecular complexity index is 2450. The molecule has 2 rings (SSSR count). The molecule has 1 aliphatic rings. The second-order valence-electron chi connectivity index (χ2n) is 26.4. The van der Waals surface area contributed by atoms with Crippen LogP contribution in [0.15, 0.2) is 24.3 Å². The minimum Gasteiger partial charge on any atom is -0.391 e. The molecule has 0 saturated carbocycles. The number of carbonyl (C=O) groups is 9. The summed E-state index contributed by atoms with van der Waals surface area (Å²) in [4.78, 5) is 143. The number of nitrogens with one attached hydrogen (secondary N) is 4. The van der Waals surface area contributed by atoms with Gasteiger partial charge in [-0.15, -0.1) is 0 Å². The third kappa shape index (κ3) is 22.9. The van der Waals surface area contributed by atoms with Crippen LogP contribution in [0.2, 0.25) is 0 Å². The predicted molar refractivity (Wildman–Crippen MR) is 332 cm³/mol. The van der Waals surface area contributed by atoms with E-state index in [0.29, 0.717) is 18.5 Å². The molecule has 1 saturated heterocycles. The highest BCUT2D eigenvalue weighted by atomic mass is 16.6. The van der Waals surface area contributed by atoms with Crippen molar-refractivity contribution < 1.29 is 58.1 Å². The van der Waals surface area contributed by atoms with E-state index in [1.165, 1.54) is 52.0 Å². The summed E-state index contributed by atoms with van der Waals surface area (Å²) in [6.45, 7) is 28.3. The van der Waals surface area contributed by atoms with Gasteiger partial charge in [0.15, 0.2) is 0 Å². The molecule has 23 heteroatoms. The van der Waals surface area contributed by atoms with Crippen LogP contribution in [-0.4, -0.2) is 214 Å². The smallest absolute Gasteiger partial charge is 0.391 e. The van der Waals surface area contributed by atoms with E-state index in [9.17, 15) is 48.6 Å². The molecule has 0 aliphatic carbocycles. The van der Waals surface area contributed by atoms with E-state index in [-0.39, 0.29) is 55.3 Å². The number of pyridine rings is 1. The lowest BCUT2D eigenvalue weighted by Gasteiger charge is -2.40. The molecule has 0 bridgehead atoms. The highest BCUT2D eigenvalue weighted by Crippen LogP contribution is 2.25. The van der Waals surface area contributed by atoms with Crippen LogP contribution < -0.4 is 21.3 Å². The SMILES string of the molecule is Cc1cccc(/C=C/C[C@@H](C)[C@@H](O)C2C(=O)NC([C@@H](C)O)C(=O)N(C)CC(=O)N(C)[C@@H](CC(C)C)C(=O)N[C@H](CC(C)C)N(C)[C@H](CC(C)C)N[C@H](C)C(=O)OC(=O)N(C)[C@H](CC(C)C)C(=O)N[C@H](CC(C)C)C(=O)N(C)C(C(C)C)C(=O)N2C)n1. The molecule has 0 spiro atoms. The van der Waals surface area contributed by atoms with E-state index in [0.717, 1.165) is 20.4 Å². The highest BCUT2D eigenvalue weighted by molar-refractivity contribution is 5.98. The van der Waals surface area contributed by atoms with Gasteiger partial charge in [0.2, 0.25) is 41.4 Å². The van der Waals surface area contributed by atoms with Crippen molar-refractivity contribution in [1.82, 2.24) is 55.7 Å². The van der Waals surface area contributed by atoms with Gasteiger partial charge in [-0.25, -0.2) is 9.59 Å². The van der Waals surface area contributed by atoms with Crippen molar-refractivity contribution in [2.75, 3.05) is 48.8 Å². The number of hydrogen-bond acceptors (Lipinski definition) is 15. The predicted octanol–water partition coefficient (Wildman–Crippen LogP) is 4.62. The molecule has 2 heterocycles. The fraction of sp³-hybridized carbons (Fsp3) is 0.746. The lowest BCUT2D eigenvalue weighted by molar-refractivity contribution is -0.155. The van der Waals surface area contributed by atoms with Crippen LogP contribution in [0.25, 0.3) is 6.08 Å². The van der Waals surface area contributed by atoms with Gasteiger partial charge < -0.3 is 50.5 Å². The maximum absolute atomic E-state index is 15.2. The first-order valence-corrected chi connectivity index (χ1v) is 30.7. The van der Waals surface area contributed by atoms with Gasteiger partial charge >= 0.3 is 12.1 Å². The van der Waals surface area contributed by atoms with Crippen molar-refractivity contribution in [3.05, 3.63) is 35.7 Å². The number of cyclic esters (lactones) is 2. The Morgan fingerprint density at radius 3 is 1.63 bits per heavy atom. The largest absolute Gasteiger partial charge is 0.417 e. The summed E-state index contributed by atoms with van der Waals surface area (Å²) in [5.41, 5.74) is 1.43. The van der Waals surface area contributed by atoms with Gasteiger partial charge in [0.1, 0.15) is 42.3 Å². The molecule has 1 aliphatic heterocycles. The monoisotopic (exact) mass is 1210 g/mol. The van der Waals surface area contributed by atoms with Crippen molar-refractivity contribution in [3.8, 4) is 0 Å². The molecule has 86 heavy (non-hydrogen) atoms. The fourth-order valence-electron chi connectivity index (χ4n) is 10.6. The average molecular weight is 1210 g/mol.